The van der Waals surface area contributed by atoms with Crippen molar-refractivity contribution in [1.82, 2.24) is 9.36 Å². The van der Waals surface area contributed by atoms with Gasteiger partial charge in [-0.3, -0.25) is 9.48 Å². The second kappa shape index (κ2) is 8.99. The molecule has 9 heteroatoms. The number of para-hydroxylation sites is 1. The van der Waals surface area contributed by atoms with E-state index in [0.29, 0.717) is 12.3 Å². The smallest absolute Gasteiger partial charge is 0.297 e. The molecule has 1 heterocycles. The first kappa shape index (κ1) is 20.7. The lowest BCUT2D eigenvalue weighted by atomic mass is 10.3. The molecule has 0 fully saturated rings. The predicted molar refractivity (Wildman–Crippen MR) is 120 cm³/mol. The normalized spacial score (nSPS) is 12.1. The highest BCUT2D eigenvalue weighted by Gasteiger charge is 2.16. The number of ether oxygens (including phenoxy) is 1. The minimum atomic E-state index is -0.294. The summed E-state index contributed by atoms with van der Waals surface area (Å²) in [5, 5.41) is 2.92. The summed E-state index contributed by atoms with van der Waals surface area (Å²) in [6.45, 7) is 4.30. The van der Waals surface area contributed by atoms with E-state index in [1.165, 1.54) is 4.68 Å². The summed E-state index contributed by atoms with van der Waals surface area (Å²) in [6.07, 6.45) is 0. The SMILES string of the molecule is CCOc1ccc(NC(N)=NC(N)=Nc2c(C)n(C)n(-c3ccccc3)c2=O)cc1. The molecule has 0 aliphatic rings. The summed E-state index contributed by atoms with van der Waals surface area (Å²) in [5.74, 6) is 0.684. The van der Waals surface area contributed by atoms with Gasteiger partial charge >= 0.3 is 0 Å². The van der Waals surface area contributed by atoms with Gasteiger partial charge in [0.1, 0.15) is 5.75 Å². The highest BCUT2D eigenvalue weighted by molar-refractivity contribution is 6.01. The summed E-state index contributed by atoms with van der Waals surface area (Å²) in [4.78, 5) is 21.1. The van der Waals surface area contributed by atoms with Crippen molar-refractivity contribution >= 4 is 23.3 Å². The second-order valence-electron chi connectivity index (χ2n) is 6.46. The van der Waals surface area contributed by atoms with Crippen molar-refractivity contribution in [3.05, 3.63) is 70.6 Å². The first-order valence-electron chi connectivity index (χ1n) is 9.43. The van der Waals surface area contributed by atoms with Gasteiger partial charge in [0.15, 0.2) is 5.69 Å². The monoisotopic (exact) mass is 407 g/mol. The number of rotatable bonds is 5. The Morgan fingerprint density at radius 3 is 2.40 bits per heavy atom. The van der Waals surface area contributed by atoms with Crippen LogP contribution in [0.1, 0.15) is 12.6 Å². The molecule has 9 nitrogen and oxygen atoms in total. The Labute approximate surface area is 174 Å². The maximum Gasteiger partial charge on any atom is 0.297 e. The van der Waals surface area contributed by atoms with Crippen LogP contribution in [0.5, 0.6) is 5.75 Å². The number of nitrogens with one attached hydrogen (secondary N) is 1. The Bertz CT molecular complexity index is 1130. The third kappa shape index (κ3) is 4.52. The predicted octanol–water partition coefficient (Wildman–Crippen LogP) is 2.26. The molecular formula is C21H25N7O2. The summed E-state index contributed by atoms with van der Waals surface area (Å²) in [5.41, 5.74) is 13.9. The molecule has 0 unspecified atom stereocenters. The van der Waals surface area contributed by atoms with Gasteiger partial charge in [-0.05, 0) is 50.2 Å². The average molecular weight is 407 g/mol. The van der Waals surface area contributed by atoms with Crippen molar-refractivity contribution in [2.24, 2.45) is 28.5 Å². The molecule has 0 spiro atoms. The maximum atomic E-state index is 12.9. The minimum absolute atomic E-state index is 0.0531. The maximum absolute atomic E-state index is 12.9. The number of nitrogens with two attached hydrogens (primary N) is 2. The summed E-state index contributed by atoms with van der Waals surface area (Å²) in [6, 6.07) is 16.5. The molecule has 3 aromatic rings. The standard InChI is InChI=1S/C21H25N7O2/c1-4-30-17-12-10-15(11-13-17)24-20(22)26-21(23)25-18-14(2)27(3)28(19(18)29)16-8-6-5-7-9-16/h5-13H,4H2,1-3H3,(H5,22,23,24,25,26). The Kier molecular flexibility index (Phi) is 6.21. The van der Waals surface area contributed by atoms with E-state index < -0.39 is 0 Å². The number of guanidine groups is 2. The first-order valence-corrected chi connectivity index (χ1v) is 9.43. The molecule has 30 heavy (non-hydrogen) atoms. The van der Waals surface area contributed by atoms with E-state index in [9.17, 15) is 4.79 Å². The van der Waals surface area contributed by atoms with Crippen LogP contribution in [-0.4, -0.2) is 27.9 Å². The van der Waals surface area contributed by atoms with Crippen molar-refractivity contribution in [1.29, 1.82) is 0 Å². The minimum Gasteiger partial charge on any atom is -0.494 e. The molecule has 0 saturated carbocycles. The highest BCUT2D eigenvalue weighted by atomic mass is 16.5. The molecule has 3 rings (SSSR count). The number of aromatic nitrogens is 2. The number of nitrogens with zero attached hydrogens (tertiary/aromatic N) is 4. The van der Waals surface area contributed by atoms with Gasteiger partial charge in [-0.2, -0.15) is 4.99 Å². The molecule has 0 saturated heterocycles. The molecule has 0 radical (unpaired) electrons. The van der Waals surface area contributed by atoms with Gasteiger partial charge in [0.05, 0.1) is 18.0 Å². The van der Waals surface area contributed by atoms with Crippen LogP contribution in [0.4, 0.5) is 11.4 Å². The van der Waals surface area contributed by atoms with Gasteiger partial charge in [-0.15, -0.1) is 0 Å². The second-order valence-corrected chi connectivity index (χ2v) is 6.46. The van der Waals surface area contributed by atoms with E-state index in [1.54, 1.807) is 30.8 Å². The third-order valence-electron chi connectivity index (χ3n) is 4.42. The fourth-order valence-corrected chi connectivity index (χ4v) is 2.92. The van der Waals surface area contributed by atoms with Gasteiger partial charge in [0.2, 0.25) is 11.9 Å². The molecule has 1 aromatic heterocycles. The lowest BCUT2D eigenvalue weighted by Crippen LogP contribution is -2.26. The van der Waals surface area contributed by atoms with Gasteiger partial charge in [0.25, 0.3) is 5.56 Å². The number of anilines is 1. The van der Waals surface area contributed by atoms with Crippen molar-refractivity contribution in [3.8, 4) is 11.4 Å². The zero-order chi connectivity index (χ0) is 21.7. The van der Waals surface area contributed by atoms with E-state index >= 15 is 0 Å². The van der Waals surface area contributed by atoms with E-state index in [0.717, 1.165) is 17.1 Å². The quantitative estimate of drug-likeness (QED) is 0.442. The Morgan fingerprint density at radius 1 is 1.10 bits per heavy atom. The topological polar surface area (TPSA) is 125 Å². The Hall–Kier alpha value is -4.01. The van der Waals surface area contributed by atoms with E-state index in [1.807, 2.05) is 49.4 Å². The summed E-state index contributed by atoms with van der Waals surface area (Å²) in [7, 11) is 1.78. The van der Waals surface area contributed by atoms with Crippen LogP contribution < -0.4 is 27.1 Å². The highest BCUT2D eigenvalue weighted by Crippen LogP contribution is 2.17. The fourth-order valence-electron chi connectivity index (χ4n) is 2.92. The van der Waals surface area contributed by atoms with Crippen molar-refractivity contribution in [2.45, 2.75) is 13.8 Å². The average Bonchev–Trinajstić information content (AvgIpc) is 2.93. The molecule has 5 N–H and O–H groups in total. The molecule has 2 aromatic carbocycles. The van der Waals surface area contributed by atoms with Crippen LogP contribution >= 0.6 is 0 Å². The van der Waals surface area contributed by atoms with E-state index in [2.05, 4.69) is 15.3 Å². The van der Waals surface area contributed by atoms with Gasteiger partial charge in [-0.1, -0.05) is 18.2 Å². The van der Waals surface area contributed by atoms with E-state index in [4.69, 9.17) is 16.2 Å². The summed E-state index contributed by atoms with van der Waals surface area (Å²) >= 11 is 0. The number of hydrogen-bond acceptors (Lipinski definition) is 3. The van der Waals surface area contributed by atoms with Crippen LogP contribution in [0.25, 0.3) is 5.69 Å². The number of benzene rings is 2. The third-order valence-corrected chi connectivity index (χ3v) is 4.42. The van der Waals surface area contributed by atoms with Crippen LogP contribution in [0.3, 0.4) is 0 Å². The van der Waals surface area contributed by atoms with Crippen LogP contribution in [-0.2, 0) is 7.05 Å². The lowest BCUT2D eigenvalue weighted by Gasteiger charge is -2.07. The lowest BCUT2D eigenvalue weighted by molar-refractivity contribution is 0.340. The van der Waals surface area contributed by atoms with E-state index in [-0.39, 0.29) is 23.2 Å². The largest absolute Gasteiger partial charge is 0.494 e. The molecule has 0 aliphatic heterocycles. The molecule has 0 bridgehead atoms. The van der Waals surface area contributed by atoms with Crippen molar-refractivity contribution in [3.63, 3.8) is 0 Å². The van der Waals surface area contributed by atoms with Crippen LogP contribution in [0.2, 0.25) is 0 Å². The Morgan fingerprint density at radius 2 is 1.77 bits per heavy atom. The number of hydrogen-bond donors (Lipinski definition) is 3. The van der Waals surface area contributed by atoms with Gasteiger partial charge in [-0.25, -0.2) is 9.67 Å². The van der Waals surface area contributed by atoms with Crippen molar-refractivity contribution in [2.75, 3.05) is 11.9 Å². The molecule has 0 aliphatic carbocycles. The van der Waals surface area contributed by atoms with Gasteiger partial charge < -0.3 is 21.5 Å². The molecule has 0 amide bonds. The zero-order valence-electron chi connectivity index (χ0n) is 17.2. The molecular weight excluding hydrogens is 382 g/mol. The summed E-state index contributed by atoms with van der Waals surface area (Å²) < 4.78 is 8.64. The van der Waals surface area contributed by atoms with Gasteiger partial charge in [0, 0.05) is 12.7 Å². The fraction of sp³-hybridized carbons (Fsp3) is 0.190. The number of aliphatic imine (C=N–C) groups is 2. The Balaban J connectivity index is 1.84. The first-order chi connectivity index (χ1) is 14.4. The zero-order valence-corrected chi connectivity index (χ0v) is 17.2. The van der Waals surface area contributed by atoms with Crippen molar-refractivity contribution < 1.29 is 4.74 Å². The molecule has 156 valence electrons. The molecule has 0 atom stereocenters. The van der Waals surface area contributed by atoms with Crippen LogP contribution in [0.15, 0.2) is 69.4 Å². The van der Waals surface area contributed by atoms with Crippen LogP contribution in [0, 0.1) is 6.92 Å².